The molecule has 1 saturated heterocycles. The number of hydrogen-bond donors (Lipinski definition) is 0. The van der Waals surface area contributed by atoms with Crippen LogP contribution in [-0.4, -0.2) is 48.9 Å². The van der Waals surface area contributed by atoms with Gasteiger partial charge in [-0.2, -0.15) is 0 Å². The van der Waals surface area contributed by atoms with E-state index in [0.29, 0.717) is 19.3 Å². The molecule has 0 aliphatic carbocycles. The second-order valence-electron chi connectivity index (χ2n) is 6.28. The molecule has 1 fully saturated rings. The number of nitrogens with zero attached hydrogens (tertiary/aromatic N) is 2. The zero-order valence-corrected chi connectivity index (χ0v) is 15.3. The Balaban J connectivity index is 1.68. The summed E-state index contributed by atoms with van der Waals surface area (Å²) in [6.45, 7) is 5.35. The first-order chi connectivity index (χ1) is 11.8. The summed E-state index contributed by atoms with van der Waals surface area (Å²) < 4.78 is 11.3. The van der Waals surface area contributed by atoms with Gasteiger partial charge in [0.25, 0.3) is 0 Å². The highest BCUT2D eigenvalue weighted by Crippen LogP contribution is 2.26. The monoisotopic (exact) mass is 346 g/mol. The van der Waals surface area contributed by atoms with Crippen molar-refractivity contribution >= 4 is 11.3 Å². The average Bonchev–Trinajstić information content (AvgIpc) is 3.17. The highest BCUT2D eigenvalue weighted by Gasteiger charge is 2.35. The summed E-state index contributed by atoms with van der Waals surface area (Å²) >= 11 is 1.73. The Morgan fingerprint density at radius 3 is 2.79 bits per heavy atom. The van der Waals surface area contributed by atoms with Gasteiger partial charge in [-0.25, -0.2) is 4.98 Å². The maximum Gasteiger partial charge on any atom is 0.0897 e. The smallest absolute Gasteiger partial charge is 0.0897 e. The highest BCUT2D eigenvalue weighted by atomic mass is 32.1. The van der Waals surface area contributed by atoms with E-state index in [1.165, 1.54) is 11.3 Å². The predicted octanol–water partition coefficient (Wildman–Crippen LogP) is 3.30. The highest BCUT2D eigenvalue weighted by molar-refractivity contribution is 7.09. The predicted molar refractivity (Wildman–Crippen MR) is 97.4 cm³/mol. The molecule has 2 heterocycles. The van der Waals surface area contributed by atoms with Gasteiger partial charge in [0.05, 0.1) is 30.0 Å². The zero-order valence-electron chi connectivity index (χ0n) is 14.5. The summed E-state index contributed by atoms with van der Waals surface area (Å²) in [6, 6.07) is 11.1. The Bertz CT molecular complexity index is 617. The van der Waals surface area contributed by atoms with Gasteiger partial charge in [-0.05, 0) is 25.3 Å². The molecule has 2 atom stereocenters. The van der Waals surface area contributed by atoms with Crippen LogP contribution in [0.4, 0.5) is 0 Å². The summed E-state index contributed by atoms with van der Waals surface area (Å²) in [7, 11) is 1.72. The van der Waals surface area contributed by atoms with Crippen molar-refractivity contribution in [3.8, 4) is 0 Å². The number of benzene rings is 1. The van der Waals surface area contributed by atoms with E-state index < -0.39 is 0 Å². The molecule has 1 aromatic carbocycles. The lowest BCUT2D eigenvalue weighted by Gasteiger charge is -2.28. The van der Waals surface area contributed by atoms with Crippen molar-refractivity contribution in [1.82, 2.24) is 9.88 Å². The number of rotatable bonds is 8. The molecule has 4 nitrogen and oxygen atoms in total. The summed E-state index contributed by atoms with van der Waals surface area (Å²) in [6.07, 6.45) is 2.35. The lowest BCUT2D eigenvalue weighted by Crippen LogP contribution is -2.38. The molecule has 0 saturated carbocycles. The molecule has 5 heteroatoms. The van der Waals surface area contributed by atoms with Crippen LogP contribution in [0.1, 0.15) is 22.7 Å². The molecule has 3 rings (SSSR count). The lowest BCUT2D eigenvalue weighted by molar-refractivity contribution is -0.00141. The Morgan fingerprint density at radius 1 is 1.25 bits per heavy atom. The fraction of sp³-hybridized carbons (Fsp3) is 0.526. The van der Waals surface area contributed by atoms with Crippen LogP contribution in [0.5, 0.6) is 0 Å². The van der Waals surface area contributed by atoms with Crippen molar-refractivity contribution < 1.29 is 9.47 Å². The van der Waals surface area contributed by atoms with Gasteiger partial charge in [0.2, 0.25) is 0 Å². The molecule has 0 spiro atoms. The van der Waals surface area contributed by atoms with E-state index in [0.717, 1.165) is 30.9 Å². The number of hydrogen-bond acceptors (Lipinski definition) is 5. The number of thiazole rings is 1. The van der Waals surface area contributed by atoms with E-state index in [9.17, 15) is 0 Å². The Hall–Kier alpha value is -1.27. The van der Waals surface area contributed by atoms with E-state index in [2.05, 4.69) is 52.5 Å². The molecular formula is C19H26N2O2S. The molecule has 1 aliphatic heterocycles. The van der Waals surface area contributed by atoms with Crippen LogP contribution in [-0.2, 0) is 22.4 Å². The van der Waals surface area contributed by atoms with E-state index >= 15 is 0 Å². The molecule has 0 N–H and O–H groups in total. The van der Waals surface area contributed by atoms with Gasteiger partial charge in [0.15, 0.2) is 0 Å². The third kappa shape index (κ3) is 4.63. The number of aryl methyl sites for hydroxylation is 1. The largest absolute Gasteiger partial charge is 0.382 e. The topological polar surface area (TPSA) is 34.6 Å². The van der Waals surface area contributed by atoms with Crippen LogP contribution in [0.2, 0.25) is 0 Å². The molecule has 0 bridgehead atoms. The van der Waals surface area contributed by atoms with Gasteiger partial charge in [-0.15, -0.1) is 11.3 Å². The van der Waals surface area contributed by atoms with Gasteiger partial charge >= 0.3 is 0 Å². The number of aromatic nitrogens is 1. The van der Waals surface area contributed by atoms with E-state index in [-0.39, 0.29) is 6.10 Å². The summed E-state index contributed by atoms with van der Waals surface area (Å²) in [5.74, 6) is 0. The normalized spacial score (nSPS) is 21.4. The van der Waals surface area contributed by atoms with E-state index in [1.54, 1.807) is 18.4 Å². The van der Waals surface area contributed by atoms with Crippen molar-refractivity contribution in [1.29, 1.82) is 0 Å². The van der Waals surface area contributed by atoms with Crippen LogP contribution in [0.3, 0.4) is 0 Å². The standard InChI is InChI=1S/C19H26N2O2S/c1-15-20-17(14-24-15)13-21-9-8-19(23-11-10-22-2)18(21)12-16-6-4-3-5-7-16/h3-7,14,18-19H,8-13H2,1-2H3/t18-,19+/m0/s1. The van der Waals surface area contributed by atoms with Gasteiger partial charge in [-0.3, -0.25) is 4.90 Å². The van der Waals surface area contributed by atoms with E-state index in [4.69, 9.17) is 9.47 Å². The Labute approximate surface area is 148 Å². The van der Waals surface area contributed by atoms with Crippen molar-refractivity contribution in [3.05, 3.63) is 52.0 Å². The number of methoxy groups -OCH3 is 1. The molecule has 24 heavy (non-hydrogen) atoms. The minimum Gasteiger partial charge on any atom is -0.382 e. The maximum atomic E-state index is 6.12. The van der Waals surface area contributed by atoms with Gasteiger partial charge in [0.1, 0.15) is 0 Å². The van der Waals surface area contributed by atoms with Crippen molar-refractivity contribution in [2.75, 3.05) is 26.9 Å². The minimum atomic E-state index is 0.264. The molecule has 1 aromatic heterocycles. The molecular weight excluding hydrogens is 320 g/mol. The molecule has 0 amide bonds. The van der Waals surface area contributed by atoms with Gasteiger partial charge in [-0.1, -0.05) is 30.3 Å². The zero-order chi connectivity index (χ0) is 16.8. The van der Waals surface area contributed by atoms with Crippen molar-refractivity contribution in [2.45, 2.75) is 38.5 Å². The number of ether oxygens (including phenoxy) is 2. The van der Waals surface area contributed by atoms with E-state index in [1.807, 2.05) is 0 Å². The van der Waals surface area contributed by atoms with Crippen molar-refractivity contribution in [2.24, 2.45) is 0 Å². The summed E-state index contributed by atoms with van der Waals surface area (Å²) in [5, 5.41) is 3.31. The third-order valence-corrected chi connectivity index (χ3v) is 5.36. The van der Waals surface area contributed by atoms with Crippen LogP contribution in [0.25, 0.3) is 0 Å². The molecule has 130 valence electrons. The number of likely N-dealkylation sites (tertiary alicyclic amines) is 1. The minimum absolute atomic E-state index is 0.264. The third-order valence-electron chi connectivity index (χ3n) is 4.54. The maximum absolute atomic E-state index is 6.12. The van der Waals surface area contributed by atoms with Crippen LogP contribution < -0.4 is 0 Å². The summed E-state index contributed by atoms with van der Waals surface area (Å²) in [4.78, 5) is 7.16. The fourth-order valence-electron chi connectivity index (χ4n) is 3.37. The van der Waals surface area contributed by atoms with Crippen molar-refractivity contribution in [3.63, 3.8) is 0 Å². The first-order valence-electron chi connectivity index (χ1n) is 8.56. The Kier molecular flexibility index (Phi) is 6.37. The lowest BCUT2D eigenvalue weighted by atomic mass is 10.0. The fourth-order valence-corrected chi connectivity index (χ4v) is 3.97. The molecule has 0 radical (unpaired) electrons. The van der Waals surface area contributed by atoms with Crippen LogP contribution in [0, 0.1) is 6.92 Å². The second kappa shape index (κ2) is 8.72. The Morgan fingerprint density at radius 2 is 2.08 bits per heavy atom. The first kappa shape index (κ1) is 17.5. The quantitative estimate of drug-likeness (QED) is 0.687. The van der Waals surface area contributed by atoms with Crippen LogP contribution in [0.15, 0.2) is 35.7 Å². The SMILES string of the molecule is COCCO[C@@H]1CCN(Cc2csc(C)n2)[C@H]1Cc1ccccc1. The van der Waals surface area contributed by atoms with Crippen LogP contribution >= 0.6 is 11.3 Å². The molecule has 0 unspecified atom stereocenters. The molecule has 2 aromatic rings. The van der Waals surface area contributed by atoms with Gasteiger partial charge in [0, 0.05) is 31.6 Å². The first-order valence-corrected chi connectivity index (χ1v) is 9.43. The van der Waals surface area contributed by atoms with Gasteiger partial charge < -0.3 is 9.47 Å². The second-order valence-corrected chi connectivity index (χ2v) is 7.34. The molecule has 1 aliphatic rings. The summed E-state index contributed by atoms with van der Waals surface area (Å²) in [5.41, 5.74) is 2.54. The average molecular weight is 346 g/mol.